The number of aromatic nitrogens is 2. The predicted octanol–water partition coefficient (Wildman–Crippen LogP) is 8.68. The molecule has 2 saturated heterocycles. The maximum atomic E-state index is 12.3. The van der Waals surface area contributed by atoms with Gasteiger partial charge in [-0.1, -0.05) is 47.3 Å². The molecule has 0 unspecified atom stereocenters. The van der Waals surface area contributed by atoms with Crippen molar-refractivity contribution in [3.63, 3.8) is 0 Å². The quantitative estimate of drug-likeness (QED) is 0.259. The van der Waals surface area contributed by atoms with Gasteiger partial charge < -0.3 is 30.3 Å². The van der Waals surface area contributed by atoms with Crippen molar-refractivity contribution in [1.29, 1.82) is 5.26 Å². The molecular weight excluding hydrogens is 630 g/mol. The van der Waals surface area contributed by atoms with Crippen molar-refractivity contribution >= 4 is 29.3 Å². The highest BCUT2D eigenvalue weighted by Crippen LogP contribution is 2.30. The highest BCUT2D eigenvalue weighted by Gasteiger charge is 2.27. The van der Waals surface area contributed by atoms with Crippen molar-refractivity contribution in [1.82, 2.24) is 14.9 Å². The van der Waals surface area contributed by atoms with Gasteiger partial charge in [0.05, 0.1) is 13.3 Å². The molecule has 50 heavy (non-hydrogen) atoms. The second-order valence-corrected chi connectivity index (χ2v) is 12.2. The van der Waals surface area contributed by atoms with Crippen LogP contribution in [0.5, 0.6) is 5.75 Å². The molecule has 1 aromatic heterocycles. The summed E-state index contributed by atoms with van der Waals surface area (Å²) in [6, 6.07) is 17.1. The molecule has 2 aliphatic heterocycles. The third kappa shape index (κ3) is 13.6. The third-order valence-corrected chi connectivity index (χ3v) is 7.71. The molecule has 11 heteroatoms. The van der Waals surface area contributed by atoms with E-state index in [0.717, 1.165) is 56.0 Å². The topological polar surface area (TPSA) is 147 Å². The molecule has 3 heterocycles. The van der Waals surface area contributed by atoms with E-state index >= 15 is 0 Å². The standard InChI is InChI=1S/C26H34N6O2.C8H9NO2.2C2H6.CH4/c1-26(2,3)34-25(33)32-15-11-20(12-16-32)19-7-9-21(10-8-19)29-24-22(17-27)28-18-23(30-24)31-13-5-4-6-14-31;1-11-7-4-2-6(3-5-7)8(9)10;2*1-2;/h7-10,18,20H,4-6,11-16H2,1-3H3,(H,29,30);2-5H,1H3,(H2,9,10);2*1-2H3;1H4. The number of benzene rings is 2. The molecule has 2 aromatic carbocycles. The van der Waals surface area contributed by atoms with Crippen LogP contribution >= 0.6 is 0 Å². The predicted molar refractivity (Wildman–Crippen MR) is 203 cm³/mol. The molecule has 5 rings (SSSR count). The highest BCUT2D eigenvalue weighted by molar-refractivity contribution is 5.92. The lowest BCUT2D eigenvalue weighted by atomic mass is 9.89. The number of amides is 2. The number of nitriles is 1. The number of carbonyl (C=O) groups is 2. The summed E-state index contributed by atoms with van der Waals surface area (Å²) in [6.45, 7) is 17.0. The van der Waals surface area contributed by atoms with E-state index in [1.54, 1.807) is 42.5 Å². The lowest BCUT2D eigenvalue weighted by Gasteiger charge is -2.33. The molecule has 11 nitrogen and oxygen atoms in total. The Morgan fingerprint density at radius 2 is 1.50 bits per heavy atom. The van der Waals surface area contributed by atoms with Gasteiger partial charge in [-0.25, -0.2) is 14.8 Å². The summed E-state index contributed by atoms with van der Waals surface area (Å²) in [5.41, 5.74) is 7.46. The Morgan fingerprint density at radius 3 is 2.00 bits per heavy atom. The van der Waals surface area contributed by atoms with Gasteiger partial charge in [0.15, 0.2) is 11.5 Å². The minimum absolute atomic E-state index is 0. The van der Waals surface area contributed by atoms with Crippen LogP contribution in [0.4, 0.5) is 22.1 Å². The van der Waals surface area contributed by atoms with E-state index in [2.05, 4.69) is 33.4 Å². The highest BCUT2D eigenvalue weighted by atomic mass is 16.6. The average molecular weight is 690 g/mol. The molecule has 0 aliphatic carbocycles. The first-order valence-corrected chi connectivity index (χ1v) is 17.4. The Morgan fingerprint density at radius 1 is 0.920 bits per heavy atom. The van der Waals surface area contributed by atoms with Crippen molar-refractivity contribution in [2.24, 2.45) is 5.73 Å². The van der Waals surface area contributed by atoms with E-state index in [-0.39, 0.29) is 13.5 Å². The van der Waals surface area contributed by atoms with Gasteiger partial charge in [0.1, 0.15) is 23.2 Å². The number of nitrogens with two attached hydrogens (primary N) is 1. The van der Waals surface area contributed by atoms with Crippen LogP contribution < -0.4 is 20.7 Å². The Kier molecular flexibility index (Phi) is 19.0. The fraction of sp³-hybridized carbons (Fsp3) is 0.513. The number of likely N-dealkylation sites (tertiary alicyclic amines) is 1. The first kappa shape index (κ1) is 43.2. The number of ether oxygens (including phenoxy) is 2. The van der Waals surface area contributed by atoms with Crippen molar-refractivity contribution in [3.8, 4) is 11.8 Å². The van der Waals surface area contributed by atoms with E-state index in [4.69, 9.17) is 20.2 Å². The van der Waals surface area contributed by atoms with E-state index in [9.17, 15) is 14.9 Å². The number of nitrogens with zero attached hydrogens (tertiary/aromatic N) is 5. The molecule has 3 aromatic rings. The van der Waals surface area contributed by atoms with Gasteiger partial charge in [0.2, 0.25) is 5.91 Å². The molecule has 2 amide bonds. The number of hydrogen-bond donors (Lipinski definition) is 2. The second kappa shape index (κ2) is 22.0. The maximum absolute atomic E-state index is 12.3. The summed E-state index contributed by atoms with van der Waals surface area (Å²) in [5.74, 6) is 2.01. The fourth-order valence-corrected chi connectivity index (χ4v) is 5.28. The molecule has 3 N–H and O–H groups in total. The number of hydrogen-bond acceptors (Lipinski definition) is 9. The molecule has 274 valence electrons. The Labute approximate surface area is 300 Å². The Balaban J connectivity index is 0.000000659. The molecule has 0 atom stereocenters. The minimum Gasteiger partial charge on any atom is -0.497 e. The summed E-state index contributed by atoms with van der Waals surface area (Å²) >= 11 is 0. The molecule has 0 bridgehead atoms. The third-order valence-electron chi connectivity index (χ3n) is 7.71. The summed E-state index contributed by atoms with van der Waals surface area (Å²) in [6.07, 6.45) is 6.85. The molecule has 2 fully saturated rings. The molecule has 0 radical (unpaired) electrons. The SMILES string of the molecule is C.CC.CC.CC(C)(C)OC(=O)N1CCC(c2ccc(Nc3nc(N4CCCCC4)cnc3C#N)cc2)CC1.COc1ccc(C(N)=O)cc1. The Hall–Kier alpha value is -4.85. The fourth-order valence-electron chi connectivity index (χ4n) is 5.28. The zero-order valence-corrected chi connectivity index (χ0v) is 30.6. The summed E-state index contributed by atoms with van der Waals surface area (Å²) in [7, 11) is 1.57. The lowest BCUT2D eigenvalue weighted by molar-refractivity contribution is 0.0204. The Bertz CT molecular complexity index is 1470. The van der Waals surface area contributed by atoms with Gasteiger partial charge in [-0.2, -0.15) is 5.26 Å². The van der Waals surface area contributed by atoms with Crippen molar-refractivity contribution < 1.29 is 19.1 Å². The molecule has 0 saturated carbocycles. The van der Waals surface area contributed by atoms with Crippen LogP contribution in [0.3, 0.4) is 0 Å². The number of carbonyl (C=O) groups excluding carboxylic acids is 2. The van der Waals surface area contributed by atoms with Crippen LogP contribution in [0.1, 0.15) is 116 Å². The van der Waals surface area contributed by atoms with E-state index in [1.807, 2.05) is 60.6 Å². The number of methoxy groups -OCH3 is 1. The minimum atomic E-state index is -0.472. The number of nitrogens with one attached hydrogen (secondary N) is 1. The normalized spacial score (nSPS) is 14.0. The van der Waals surface area contributed by atoms with E-state index in [0.29, 0.717) is 36.1 Å². The zero-order valence-electron chi connectivity index (χ0n) is 30.6. The molecule has 0 spiro atoms. The summed E-state index contributed by atoms with van der Waals surface area (Å²) in [5, 5.41) is 12.8. The lowest BCUT2D eigenvalue weighted by Crippen LogP contribution is -2.41. The van der Waals surface area contributed by atoms with Crippen LogP contribution in [0.2, 0.25) is 0 Å². The second-order valence-electron chi connectivity index (χ2n) is 12.2. The number of primary amides is 1. The first-order chi connectivity index (χ1) is 23.6. The van der Waals surface area contributed by atoms with Crippen molar-refractivity contribution in [2.75, 3.05) is 43.5 Å². The van der Waals surface area contributed by atoms with Gasteiger partial charge in [-0.05, 0) is 101 Å². The number of rotatable bonds is 6. The van der Waals surface area contributed by atoms with E-state index < -0.39 is 11.5 Å². The van der Waals surface area contributed by atoms with Gasteiger partial charge in [0.25, 0.3) is 0 Å². The summed E-state index contributed by atoms with van der Waals surface area (Å²) in [4.78, 5) is 36.0. The van der Waals surface area contributed by atoms with Crippen molar-refractivity contribution in [3.05, 3.63) is 71.5 Å². The van der Waals surface area contributed by atoms with Crippen LogP contribution in [0, 0.1) is 11.3 Å². The smallest absolute Gasteiger partial charge is 0.410 e. The van der Waals surface area contributed by atoms with Crippen LogP contribution in [0.25, 0.3) is 0 Å². The molecular formula is C39H59N7O4. The average Bonchev–Trinajstić information content (AvgIpc) is 3.13. The van der Waals surface area contributed by atoms with Gasteiger partial charge in [-0.3, -0.25) is 4.79 Å². The number of piperidine rings is 2. The summed E-state index contributed by atoms with van der Waals surface area (Å²) < 4.78 is 10.4. The van der Waals surface area contributed by atoms with Gasteiger partial charge in [-0.15, -0.1) is 0 Å². The maximum Gasteiger partial charge on any atom is 0.410 e. The largest absolute Gasteiger partial charge is 0.497 e. The van der Waals surface area contributed by atoms with Crippen LogP contribution in [-0.2, 0) is 4.74 Å². The van der Waals surface area contributed by atoms with Crippen LogP contribution in [0.15, 0.2) is 54.7 Å². The van der Waals surface area contributed by atoms with Crippen molar-refractivity contribution in [2.45, 2.75) is 99.5 Å². The van der Waals surface area contributed by atoms with Gasteiger partial charge in [0, 0.05) is 37.4 Å². The zero-order chi connectivity index (χ0) is 36.4. The van der Waals surface area contributed by atoms with E-state index in [1.165, 1.54) is 12.0 Å². The first-order valence-electron chi connectivity index (χ1n) is 17.4. The number of anilines is 3. The molecule has 2 aliphatic rings. The van der Waals surface area contributed by atoms with Crippen LogP contribution in [-0.4, -0.2) is 65.8 Å². The monoisotopic (exact) mass is 689 g/mol. The van der Waals surface area contributed by atoms with Gasteiger partial charge >= 0.3 is 6.09 Å².